The van der Waals surface area contributed by atoms with Gasteiger partial charge in [-0.25, -0.2) is 0 Å². The van der Waals surface area contributed by atoms with E-state index in [1.54, 1.807) is 0 Å². The number of nitrogens with one attached hydrogen (secondary N) is 1. The summed E-state index contributed by atoms with van der Waals surface area (Å²) in [6, 6.07) is 0. The molecule has 3 heteroatoms. The van der Waals surface area contributed by atoms with Crippen LogP contribution in [-0.2, 0) is 4.74 Å². The second-order valence-corrected chi connectivity index (χ2v) is 3.53. The van der Waals surface area contributed by atoms with E-state index in [1.807, 2.05) is 14.0 Å². The van der Waals surface area contributed by atoms with Crippen LogP contribution in [0.25, 0.3) is 0 Å². The first-order valence-corrected chi connectivity index (χ1v) is 5.25. The molecule has 0 spiro atoms. The van der Waals surface area contributed by atoms with Crippen LogP contribution in [0, 0.1) is 11.8 Å². The van der Waals surface area contributed by atoms with Crippen molar-refractivity contribution in [2.24, 2.45) is 0 Å². The zero-order valence-corrected chi connectivity index (χ0v) is 9.18. The Bertz CT molecular complexity index is 205. The van der Waals surface area contributed by atoms with Crippen molar-refractivity contribution in [1.82, 2.24) is 10.2 Å². The zero-order valence-electron chi connectivity index (χ0n) is 9.18. The molecule has 0 aromatic carbocycles. The van der Waals surface area contributed by atoms with Crippen molar-refractivity contribution in [2.45, 2.75) is 19.4 Å². The third kappa shape index (κ3) is 4.10. The summed E-state index contributed by atoms with van der Waals surface area (Å²) in [5.41, 5.74) is 0. The van der Waals surface area contributed by atoms with Crippen molar-refractivity contribution in [3.05, 3.63) is 0 Å². The van der Waals surface area contributed by atoms with E-state index in [1.165, 1.54) is 0 Å². The second-order valence-electron chi connectivity index (χ2n) is 3.53. The minimum absolute atomic E-state index is 0.350. The average molecular weight is 196 g/mol. The standard InChI is InChI=1S/C11H20N2O/c1-3-4-5-6-13-7-8-14-11(10-13)9-12-2/h11-12H,5-10H2,1-2H3. The van der Waals surface area contributed by atoms with E-state index in [2.05, 4.69) is 22.1 Å². The van der Waals surface area contributed by atoms with Crippen LogP contribution in [-0.4, -0.2) is 50.8 Å². The van der Waals surface area contributed by atoms with Crippen LogP contribution in [0.1, 0.15) is 13.3 Å². The fourth-order valence-corrected chi connectivity index (χ4v) is 1.67. The van der Waals surface area contributed by atoms with Crippen molar-refractivity contribution < 1.29 is 4.74 Å². The SMILES string of the molecule is CC#CCCN1CCOC(CNC)C1. The normalized spacial score (nSPS) is 22.9. The summed E-state index contributed by atoms with van der Waals surface area (Å²) in [6.45, 7) is 6.84. The predicted octanol–water partition coefficient (Wildman–Crippen LogP) is 0.320. The van der Waals surface area contributed by atoms with Gasteiger partial charge in [0.15, 0.2) is 0 Å². The van der Waals surface area contributed by atoms with Gasteiger partial charge in [-0.1, -0.05) is 0 Å². The molecule has 0 bridgehead atoms. The number of ether oxygens (including phenoxy) is 1. The Labute approximate surface area is 86.8 Å². The molecular weight excluding hydrogens is 176 g/mol. The van der Waals surface area contributed by atoms with Crippen molar-refractivity contribution in [2.75, 3.05) is 39.8 Å². The van der Waals surface area contributed by atoms with E-state index >= 15 is 0 Å². The maximum atomic E-state index is 5.61. The van der Waals surface area contributed by atoms with Gasteiger partial charge in [-0.3, -0.25) is 4.90 Å². The lowest BCUT2D eigenvalue weighted by molar-refractivity contribution is -0.0254. The molecule has 1 saturated heterocycles. The molecule has 0 aliphatic carbocycles. The molecule has 1 heterocycles. The number of morpholine rings is 1. The Morgan fingerprint density at radius 2 is 2.43 bits per heavy atom. The van der Waals surface area contributed by atoms with Crippen LogP contribution in [0.2, 0.25) is 0 Å². The molecule has 0 radical (unpaired) electrons. The monoisotopic (exact) mass is 196 g/mol. The van der Waals surface area contributed by atoms with E-state index < -0.39 is 0 Å². The summed E-state index contributed by atoms with van der Waals surface area (Å²) >= 11 is 0. The number of nitrogens with zero attached hydrogens (tertiary/aromatic N) is 1. The average Bonchev–Trinajstić information content (AvgIpc) is 2.19. The van der Waals surface area contributed by atoms with Gasteiger partial charge >= 0.3 is 0 Å². The molecule has 14 heavy (non-hydrogen) atoms. The van der Waals surface area contributed by atoms with Gasteiger partial charge in [-0.15, -0.1) is 11.8 Å². The molecule has 1 unspecified atom stereocenters. The molecular formula is C11H20N2O. The lowest BCUT2D eigenvalue weighted by Gasteiger charge is -2.32. The lowest BCUT2D eigenvalue weighted by Crippen LogP contribution is -2.46. The minimum atomic E-state index is 0.350. The van der Waals surface area contributed by atoms with Crippen LogP contribution in [0.15, 0.2) is 0 Å². The first-order chi connectivity index (χ1) is 6.86. The third-order valence-electron chi connectivity index (χ3n) is 2.38. The summed E-state index contributed by atoms with van der Waals surface area (Å²) in [7, 11) is 1.96. The van der Waals surface area contributed by atoms with Gasteiger partial charge in [0.05, 0.1) is 12.7 Å². The summed E-state index contributed by atoms with van der Waals surface area (Å²) in [4.78, 5) is 2.43. The molecule has 1 aliphatic heterocycles. The van der Waals surface area contributed by atoms with Crippen molar-refractivity contribution >= 4 is 0 Å². The van der Waals surface area contributed by atoms with Gasteiger partial charge in [0.2, 0.25) is 0 Å². The van der Waals surface area contributed by atoms with E-state index in [9.17, 15) is 0 Å². The van der Waals surface area contributed by atoms with E-state index in [-0.39, 0.29) is 0 Å². The maximum Gasteiger partial charge on any atom is 0.0826 e. The predicted molar refractivity (Wildman–Crippen MR) is 58.2 cm³/mol. The van der Waals surface area contributed by atoms with Gasteiger partial charge < -0.3 is 10.1 Å². The molecule has 0 amide bonds. The molecule has 1 N–H and O–H groups in total. The van der Waals surface area contributed by atoms with Crippen molar-refractivity contribution in [3.8, 4) is 11.8 Å². The first-order valence-electron chi connectivity index (χ1n) is 5.25. The number of likely N-dealkylation sites (N-methyl/N-ethyl adjacent to an activating group) is 1. The second kappa shape index (κ2) is 6.83. The van der Waals surface area contributed by atoms with Gasteiger partial charge in [0.25, 0.3) is 0 Å². The topological polar surface area (TPSA) is 24.5 Å². The van der Waals surface area contributed by atoms with E-state index in [0.29, 0.717) is 6.10 Å². The Morgan fingerprint density at radius 3 is 3.14 bits per heavy atom. The van der Waals surface area contributed by atoms with Crippen LogP contribution in [0.5, 0.6) is 0 Å². The molecule has 0 saturated carbocycles. The highest BCUT2D eigenvalue weighted by Crippen LogP contribution is 2.04. The Morgan fingerprint density at radius 1 is 1.57 bits per heavy atom. The molecule has 1 fully saturated rings. The zero-order chi connectivity index (χ0) is 10.2. The lowest BCUT2D eigenvalue weighted by atomic mass is 10.2. The summed E-state index contributed by atoms with van der Waals surface area (Å²) < 4.78 is 5.61. The Hall–Kier alpha value is -0.560. The van der Waals surface area contributed by atoms with E-state index in [0.717, 1.165) is 39.2 Å². The largest absolute Gasteiger partial charge is 0.374 e. The summed E-state index contributed by atoms with van der Waals surface area (Å²) in [6.07, 6.45) is 1.33. The highest BCUT2D eigenvalue weighted by Gasteiger charge is 2.18. The van der Waals surface area contributed by atoms with Gasteiger partial charge in [0, 0.05) is 32.6 Å². The van der Waals surface area contributed by atoms with Crippen molar-refractivity contribution in [1.29, 1.82) is 0 Å². The molecule has 1 aliphatic rings. The molecule has 3 nitrogen and oxygen atoms in total. The highest BCUT2D eigenvalue weighted by atomic mass is 16.5. The molecule has 1 atom stereocenters. The first kappa shape index (κ1) is 11.5. The Kier molecular flexibility index (Phi) is 5.62. The summed E-state index contributed by atoms with van der Waals surface area (Å²) in [5.74, 6) is 6.02. The van der Waals surface area contributed by atoms with Gasteiger partial charge in [-0.05, 0) is 14.0 Å². The summed E-state index contributed by atoms with van der Waals surface area (Å²) in [5, 5.41) is 3.15. The van der Waals surface area contributed by atoms with Crippen LogP contribution < -0.4 is 5.32 Å². The molecule has 80 valence electrons. The molecule has 1 rings (SSSR count). The maximum absolute atomic E-state index is 5.61. The third-order valence-corrected chi connectivity index (χ3v) is 2.38. The number of rotatable bonds is 4. The molecule has 0 aromatic heterocycles. The highest BCUT2D eigenvalue weighted by molar-refractivity contribution is 4.95. The molecule has 0 aromatic rings. The number of hydrogen-bond acceptors (Lipinski definition) is 3. The van der Waals surface area contributed by atoms with Crippen LogP contribution >= 0.6 is 0 Å². The van der Waals surface area contributed by atoms with Crippen LogP contribution in [0.3, 0.4) is 0 Å². The smallest absolute Gasteiger partial charge is 0.0826 e. The number of hydrogen-bond donors (Lipinski definition) is 1. The van der Waals surface area contributed by atoms with Gasteiger partial charge in [0.1, 0.15) is 0 Å². The Balaban J connectivity index is 2.20. The quantitative estimate of drug-likeness (QED) is 0.655. The fourth-order valence-electron chi connectivity index (χ4n) is 1.67. The fraction of sp³-hybridized carbons (Fsp3) is 0.818. The van der Waals surface area contributed by atoms with Gasteiger partial charge in [-0.2, -0.15) is 0 Å². The van der Waals surface area contributed by atoms with Crippen LogP contribution in [0.4, 0.5) is 0 Å². The minimum Gasteiger partial charge on any atom is -0.374 e. The van der Waals surface area contributed by atoms with Crippen molar-refractivity contribution in [3.63, 3.8) is 0 Å². The van der Waals surface area contributed by atoms with E-state index in [4.69, 9.17) is 4.74 Å².